The fourth-order valence-electron chi connectivity index (χ4n) is 4.51. The quantitative estimate of drug-likeness (QED) is 0.896. The van der Waals surface area contributed by atoms with E-state index in [1.807, 2.05) is 6.07 Å². The maximum atomic E-state index is 12.6. The molecule has 3 unspecified atom stereocenters. The van der Waals surface area contributed by atoms with Crippen LogP contribution in [0.15, 0.2) is 10.9 Å². The Hall–Kier alpha value is -2.44. The Balaban J connectivity index is 1.56. The van der Waals surface area contributed by atoms with Crippen molar-refractivity contribution in [3.8, 4) is 0 Å². The van der Waals surface area contributed by atoms with Crippen molar-refractivity contribution in [2.45, 2.75) is 45.4 Å². The fraction of sp³-hybridized carbons (Fsp3) is 0.556. The zero-order valence-corrected chi connectivity index (χ0v) is 14.8. The molecule has 2 bridgehead atoms. The van der Waals surface area contributed by atoms with Crippen LogP contribution in [0.5, 0.6) is 0 Å². The molecule has 0 aliphatic heterocycles. The van der Waals surface area contributed by atoms with Crippen LogP contribution in [-0.4, -0.2) is 25.9 Å². The number of carbonyl (C=O) groups excluding carboxylic acids is 1. The molecule has 0 radical (unpaired) electrons. The number of aryl methyl sites for hydroxylation is 2. The number of rotatable bonds is 3. The van der Waals surface area contributed by atoms with Crippen molar-refractivity contribution in [3.63, 3.8) is 0 Å². The molecule has 2 aliphatic rings. The highest BCUT2D eigenvalue weighted by Crippen LogP contribution is 2.52. The summed E-state index contributed by atoms with van der Waals surface area (Å²) in [7, 11) is 1.55. The number of carbonyl (C=O) groups is 1. The molecule has 1 amide bonds. The van der Waals surface area contributed by atoms with E-state index < -0.39 is 11.5 Å². The van der Waals surface area contributed by atoms with E-state index in [2.05, 4.69) is 20.6 Å². The molecule has 25 heavy (non-hydrogen) atoms. The molecule has 2 aromatic heterocycles. The van der Waals surface area contributed by atoms with E-state index in [4.69, 9.17) is 0 Å². The van der Waals surface area contributed by atoms with Gasteiger partial charge in [0.15, 0.2) is 5.82 Å². The molecule has 2 saturated carbocycles. The van der Waals surface area contributed by atoms with E-state index in [0.717, 1.165) is 17.5 Å². The number of H-pyrrole nitrogens is 1. The van der Waals surface area contributed by atoms with Crippen molar-refractivity contribution in [2.75, 3.05) is 5.32 Å². The van der Waals surface area contributed by atoms with Crippen LogP contribution in [0, 0.1) is 25.7 Å². The van der Waals surface area contributed by atoms with Crippen LogP contribution < -0.4 is 10.9 Å². The lowest BCUT2D eigenvalue weighted by atomic mass is 9.86. The van der Waals surface area contributed by atoms with Crippen LogP contribution in [0.4, 0.5) is 5.82 Å². The maximum absolute atomic E-state index is 12.6. The average molecular weight is 341 g/mol. The van der Waals surface area contributed by atoms with Gasteiger partial charge in [0, 0.05) is 24.7 Å². The second-order valence-corrected chi connectivity index (χ2v) is 7.46. The number of amides is 1. The summed E-state index contributed by atoms with van der Waals surface area (Å²) in [5.74, 6) is 2.15. The molecule has 132 valence electrons. The molecule has 2 aliphatic carbocycles. The van der Waals surface area contributed by atoms with Gasteiger partial charge in [-0.25, -0.2) is 4.68 Å². The molecule has 2 fully saturated rings. The van der Waals surface area contributed by atoms with Crippen molar-refractivity contribution in [1.82, 2.24) is 20.0 Å². The van der Waals surface area contributed by atoms with E-state index in [-0.39, 0.29) is 5.56 Å². The normalized spacial score (nSPS) is 24.7. The number of aromatic nitrogens is 4. The Kier molecular flexibility index (Phi) is 3.74. The highest BCUT2D eigenvalue weighted by Gasteiger charge is 2.41. The first-order valence-electron chi connectivity index (χ1n) is 8.85. The Labute approximate surface area is 145 Å². The zero-order valence-electron chi connectivity index (χ0n) is 14.8. The van der Waals surface area contributed by atoms with Crippen molar-refractivity contribution < 1.29 is 4.79 Å². The third-order valence-corrected chi connectivity index (χ3v) is 5.93. The Morgan fingerprint density at radius 3 is 2.80 bits per heavy atom. The van der Waals surface area contributed by atoms with Crippen LogP contribution in [0.2, 0.25) is 0 Å². The first kappa shape index (κ1) is 16.1. The molecular formula is C18H23N5O2. The van der Waals surface area contributed by atoms with Crippen molar-refractivity contribution in [1.29, 1.82) is 0 Å². The number of nitrogens with one attached hydrogen (secondary N) is 2. The summed E-state index contributed by atoms with van der Waals surface area (Å²) in [5.41, 5.74) is 2.09. The van der Waals surface area contributed by atoms with Crippen LogP contribution in [0.3, 0.4) is 0 Å². The third kappa shape index (κ3) is 2.67. The molecule has 3 atom stereocenters. The number of nitrogens with zero attached hydrogens (tertiary/aromatic N) is 3. The number of hydrogen-bond donors (Lipinski definition) is 2. The number of anilines is 1. The molecule has 4 rings (SSSR count). The second-order valence-electron chi connectivity index (χ2n) is 7.46. The fourth-order valence-corrected chi connectivity index (χ4v) is 4.51. The first-order valence-corrected chi connectivity index (χ1v) is 8.85. The van der Waals surface area contributed by atoms with Gasteiger partial charge >= 0.3 is 0 Å². The molecular weight excluding hydrogens is 318 g/mol. The van der Waals surface area contributed by atoms with Crippen molar-refractivity contribution in [2.24, 2.45) is 18.9 Å². The predicted octanol–water partition coefficient (Wildman–Crippen LogP) is 2.28. The minimum absolute atomic E-state index is 0.125. The summed E-state index contributed by atoms with van der Waals surface area (Å²) >= 11 is 0. The third-order valence-electron chi connectivity index (χ3n) is 5.93. The molecule has 0 saturated heterocycles. The number of fused-ring (bicyclic) bond motifs is 2. The van der Waals surface area contributed by atoms with Gasteiger partial charge < -0.3 is 5.32 Å². The molecule has 2 heterocycles. The van der Waals surface area contributed by atoms with E-state index in [9.17, 15) is 9.59 Å². The van der Waals surface area contributed by atoms with Gasteiger partial charge in [-0.3, -0.25) is 14.7 Å². The maximum Gasteiger partial charge on any atom is 0.279 e. The van der Waals surface area contributed by atoms with Gasteiger partial charge in [0.25, 0.3) is 11.5 Å². The smallest absolute Gasteiger partial charge is 0.279 e. The van der Waals surface area contributed by atoms with Crippen molar-refractivity contribution in [3.05, 3.63) is 38.9 Å². The standard InChI is InChI=1S/C18H23N5O2/c1-9-10(2)22-23(3)18(25)16(9)17(24)19-15-8-14(20-21-15)13-7-11-4-5-12(13)6-11/h8,11-13H,4-7H2,1-3H3,(H2,19,20,21,24). The Bertz CT molecular complexity index is 897. The van der Waals surface area contributed by atoms with E-state index in [1.165, 1.54) is 30.4 Å². The summed E-state index contributed by atoms with van der Waals surface area (Å²) in [6.45, 7) is 3.53. The van der Waals surface area contributed by atoms with Gasteiger partial charge in [-0.1, -0.05) is 6.42 Å². The predicted molar refractivity (Wildman–Crippen MR) is 93.7 cm³/mol. The highest BCUT2D eigenvalue weighted by molar-refractivity contribution is 6.04. The van der Waals surface area contributed by atoms with Gasteiger partial charge in [-0.15, -0.1) is 0 Å². The molecule has 7 nitrogen and oxygen atoms in total. The zero-order chi connectivity index (χ0) is 17.7. The molecule has 2 aromatic rings. The first-order chi connectivity index (χ1) is 11.9. The summed E-state index contributed by atoms with van der Waals surface area (Å²) in [4.78, 5) is 24.9. The Morgan fingerprint density at radius 2 is 2.12 bits per heavy atom. The van der Waals surface area contributed by atoms with Gasteiger partial charge in [-0.2, -0.15) is 10.2 Å². The van der Waals surface area contributed by atoms with Gasteiger partial charge in [0.2, 0.25) is 0 Å². The molecule has 7 heteroatoms. The minimum Gasteiger partial charge on any atom is -0.305 e. The van der Waals surface area contributed by atoms with Crippen LogP contribution in [-0.2, 0) is 7.05 Å². The average Bonchev–Trinajstić information content (AvgIpc) is 3.29. The number of hydrogen-bond acceptors (Lipinski definition) is 4. The molecule has 2 N–H and O–H groups in total. The Morgan fingerprint density at radius 1 is 1.32 bits per heavy atom. The van der Waals surface area contributed by atoms with Gasteiger partial charge in [0.1, 0.15) is 5.56 Å². The summed E-state index contributed by atoms with van der Waals surface area (Å²) in [5, 5.41) is 14.2. The second kappa shape index (κ2) is 5.82. The largest absolute Gasteiger partial charge is 0.305 e. The van der Waals surface area contributed by atoms with E-state index in [1.54, 1.807) is 20.9 Å². The van der Waals surface area contributed by atoms with Gasteiger partial charge in [0.05, 0.1) is 5.69 Å². The van der Waals surface area contributed by atoms with Gasteiger partial charge in [-0.05, 0) is 50.5 Å². The molecule has 0 spiro atoms. The summed E-state index contributed by atoms with van der Waals surface area (Å²) in [6, 6.07) is 1.91. The van der Waals surface area contributed by atoms with E-state index >= 15 is 0 Å². The lowest BCUT2D eigenvalue weighted by Gasteiger charge is -2.19. The summed E-state index contributed by atoms with van der Waals surface area (Å²) in [6.07, 6.45) is 5.17. The summed E-state index contributed by atoms with van der Waals surface area (Å²) < 4.78 is 1.20. The molecule has 0 aromatic carbocycles. The topological polar surface area (TPSA) is 92.7 Å². The van der Waals surface area contributed by atoms with Crippen LogP contribution in [0.25, 0.3) is 0 Å². The monoisotopic (exact) mass is 341 g/mol. The lowest BCUT2D eigenvalue weighted by molar-refractivity contribution is 0.102. The SMILES string of the molecule is Cc1nn(C)c(=O)c(C(=O)Nc2cc(C3CC4CCC3C4)[nH]n2)c1C. The van der Waals surface area contributed by atoms with E-state index in [0.29, 0.717) is 23.0 Å². The minimum atomic E-state index is -0.436. The van der Waals surface area contributed by atoms with Crippen LogP contribution >= 0.6 is 0 Å². The highest BCUT2D eigenvalue weighted by atomic mass is 16.2. The number of aromatic amines is 1. The van der Waals surface area contributed by atoms with Crippen molar-refractivity contribution >= 4 is 11.7 Å². The lowest BCUT2D eigenvalue weighted by Crippen LogP contribution is -2.31. The van der Waals surface area contributed by atoms with Crippen LogP contribution in [0.1, 0.15) is 58.9 Å².